The number of thioether (sulfide) groups is 1. The first-order valence-electron chi connectivity index (χ1n) is 15.7. The van der Waals surface area contributed by atoms with Crippen LogP contribution in [0.5, 0.6) is 0 Å². The van der Waals surface area contributed by atoms with E-state index in [0.29, 0.717) is 83.4 Å². The Kier molecular flexibility index (Phi) is 15.9. The number of amides is 4. The maximum atomic E-state index is 12.1. The van der Waals surface area contributed by atoms with E-state index in [4.69, 9.17) is 18.9 Å². The average Bonchev–Trinajstić information content (AvgIpc) is 3.63. The zero-order chi connectivity index (χ0) is 32.2. The van der Waals surface area contributed by atoms with Crippen LogP contribution in [0.15, 0.2) is 30.6 Å². The summed E-state index contributed by atoms with van der Waals surface area (Å²) in [5.74, 6) is 1.34. The van der Waals surface area contributed by atoms with Crippen molar-refractivity contribution in [2.45, 2.75) is 56.0 Å². The Morgan fingerprint density at radius 3 is 2.17 bits per heavy atom. The Hall–Kier alpha value is -3.44. The maximum Gasteiger partial charge on any atom is 0.315 e. The van der Waals surface area contributed by atoms with Crippen LogP contribution < -0.4 is 21.3 Å². The first-order chi connectivity index (χ1) is 22.6. The van der Waals surface area contributed by atoms with Gasteiger partial charge in [0.1, 0.15) is 0 Å². The topological polar surface area (TPSA) is 188 Å². The molecule has 0 spiro atoms. The fraction of sp³-hybridized carbons (Fsp3) is 0.633. The lowest BCUT2D eigenvalue weighted by atomic mass is 10.0. The highest BCUT2D eigenvalue weighted by Crippen LogP contribution is 2.33. The van der Waals surface area contributed by atoms with Gasteiger partial charge in [-0.15, -0.1) is 20.4 Å². The smallest absolute Gasteiger partial charge is 0.315 e. The Morgan fingerprint density at radius 1 is 0.804 bits per heavy atom. The normalized spacial score (nSPS) is 18.5. The summed E-state index contributed by atoms with van der Waals surface area (Å²) in [5, 5.41) is 27.4. The van der Waals surface area contributed by atoms with E-state index in [2.05, 4.69) is 41.7 Å². The number of hydrogen-bond donors (Lipinski definition) is 4. The van der Waals surface area contributed by atoms with Gasteiger partial charge in [0.05, 0.1) is 64.9 Å². The third kappa shape index (κ3) is 13.1. The number of nitrogens with one attached hydrogen (secondary N) is 4. The second kappa shape index (κ2) is 20.6. The molecule has 2 aromatic rings. The Morgan fingerprint density at radius 2 is 1.46 bits per heavy atom. The largest absolute Gasteiger partial charge is 0.379 e. The zero-order valence-corrected chi connectivity index (χ0v) is 26.8. The van der Waals surface area contributed by atoms with Crippen molar-refractivity contribution in [1.82, 2.24) is 41.7 Å². The predicted molar refractivity (Wildman–Crippen MR) is 170 cm³/mol. The van der Waals surface area contributed by atoms with Crippen molar-refractivity contribution in [3.05, 3.63) is 36.2 Å². The second-order valence-corrected chi connectivity index (χ2v) is 12.0. The van der Waals surface area contributed by atoms with Crippen molar-refractivity contribution in [3.8, 4) is 11.4 Å². The Bertz CT molecular complexity index is 1200. The molecule has 4 N–H and O–H groups in total. The quantitative estimate of drug-likeness (QED) is 0.0974. The van der Waals surface area contributed by atoms with E-state index in [1.165, 1.54) is 6.33 Å². The molecule has 2 saturated heterocycles. The number of unbranched alkanes of at least 4 members (excludes halogenated alkanes) is 1. The van der Waals surface area contributed by atoms with Gasteiger partial charge in [-0.25, -0.2) is 4.79 Å². The number of urea groups is 1. The highest BCUT2D eigenvalue weighted by Gasteiger charge is 2.42. The molecule has 0 bridgehead atoms. The highest BCUT2D eigenvalue weighted by molar-refractivity contribution is 8.00. The molecule has 16 heteroatoms. The van der Waals surface area contributed by atoms with Gasteiger partial charge in [0.25, 0.3) is 0 Å². The van der Waals surface area contributed by atoms with E-state index < -0.39 is 0 Å². The van der Waals surface area contributed by atoms with Gasteiger partial charge in [0.15, 0.2) is 6.33 Å². The van der Waals surface area contributed by atoms with Crippen molar-refractivity contribution >= 4 is 29.6 Å². The molecule has 4 amide bonds. The van der Waals surface area contributed by atoms with Gasteiger partial charge in [-0.2, -0.15) is 11.8 Å². The number of rotatable bonds is 23. The minimum Gasteiger partial charge on any atom is -0.379 e. The summed E-state index contributed by atoms with van der Waals surface area (Å²) in [6, 6.07) is 7.90. The van der Waals surface area contributed by atoms with Crippen LogP contribution in [0.1, 0.15) is 37.7 Å². The number of ether oxygens (including phenoxy) is 4. The zero-order valence-electron chi connectivity index (χ0n) is 26.0. The Balaban J connectivity index is 0.853. The van der Waals surface area contributed by atoms with Crippen LogP contribution in [0.3, 0.4) is 0 Å². The molecular weight excluding hydrogens is 616 g/mol. The number of carbonyl (C=O) groups is 3. The SMILES string of the molecule is O=C(CCCC[C@@H]1SC[C@@H]2NC(=O)N[C@@H]21)NCCOCCOCCOCCOCCC(=O)NCc1ccc(-c2nncnn2)cc1. The van der Waals surface area contributed by atoms with Crippen LogP contribution in [-0.2, 0) is 35.1 Å². The first kappa shape index (κ1) is 35.4. The summed E-state index contributed by atoms with van der Waals surface area (Å²) in [7, 11) is 0. The molecule has 252 valence electrons. The molecule has 3 atom stereocenters. The third-order valence-corrected chi connectivity index (χ3v) is 8.86. The highest BCUT2D eigenvalue weighted by atomic mass is 32.2. The fourth-order valence-electron chi connectivity index (χ4n) is 4.93. The summed E-state index contributed by atoms with van der Waals surface area (Å²) in [6.07, 6.45) is 4.85. The second-order valence-electron chi connectivity index (χ2n) is 10.8. The summed E-state index contributed by atoms with van der Waals surface area (Å²) in [4.78, 5) is 35.5. The summed E-state index contributed by atoms with van der Waals surface area (Å²) in [6.45, 7) is 4.22. The summed E-state index contributed by atoms with van der Waals surface area (Å²) in [5.41, 5.74) is 1.76. The summed E-state index contributed by atoms with van der Waals surface area (Å²) >= 11 is 1.90. The van der Waals surface area contributed by atoms with Gasteiger partial charge in [-0.05, 0) is 18.4 Å². The van der Waals surface area contributed by atoms with Crippen LogP contribution in [0.4, 0.5) is 4.79 Å². The van der Waals surface area contributed by atoms with Crippen molar-refractivity contribution in [1.29, 1.82) is 0 Å². The van der Waals surface area contributed by atoms with Crippen LogP contribution in [-0.4, -0.2) is 121 Å². The fourth-order valence-corrected chi connectivity index (χ4v) is 6.48. The number of benzene rings is 1. The lowest BCUT2D eigenvalue weighted by molar-refractivity contribution is -0.122. The molecule has 2 aliphatic heterocycles. The molecule has 0 saturated carbocycles. The number of aromatic nitrogens is 4. The molecule has 0 unspecified atom stereocenters. The van der Waals surface area contributed by atoms with Gasteiger partial charge in [-0.3, -0.25) is 9.59 Å². The number of carbonyl (C=O) groups excluding carboxylic acids is 3. The molecular formula is C30H44N8O7S. The van der Waals surface area contributed by atoms with Gasteiger partial charge in [0, 0.05) is 42.5 Å². The minimum atomic E-state index is -0.0917. The van der Waals surface area contributed by atoms with E-state index in [-0.39, 0.29) is 36.3 Å². The minimum absolute atomic E-state index is 0.0337. The number of fused-ring (bicyclic) bond motifs is 1. The van der Waals surface area contributed by atoms with Crippen molar-refractivity contribution < 1.29 is 33.3 Å². The predicted octanol–water partition coefficient (Wildman–Crippen LogP) is 0.848. The average molecular weight is 661 g/mol. The lowest BCUT2D eigenvalue weighted by Crippen LogP contribution is -2.36. The lowest BCUT2D eigenvalue weighted by Gasteiger charge is -2.16. The standard InChI is InChI=1S/C30H44N8O7S/c39-26(4-2-1-3-25-28-24(20-46-25)35-30(41)36-28)31-10-12-43-14-16-45-18-17-44-15-13-42-11-9-27(40)32-19-22-5-7-23(8-6-22)29-37-33-21-34-38-29/h5-8,21,24-25,28H,1-4,9-20H2,(H,31,39)(H,32,40)(H2,35,36,41)/t24-,25-,28-/m0/s1. The molecule has 15 nitrogen and oxygen atoms in total. The van der Waals surface area contributed by atoms with Crippen molar-refractivity contribution in [2.24, 2.45) is 0 Å². The van der Waals surface area contributed by atoms with Gasteiger partial charge in [-0.1, -0.05) is 30.7 Å². The van der Waals surface area contributed by atoms with Crippen LogP contribution in [0.2, 0.25) is 0 Å². The van der Waals surface area contributed by atoms with Gasteiger partial charge in [0.2, 0.25) is 17.6 Å². The molecule has 0 radical (unpaired) electrons. The van der Waals surface area contributed by atoms with Crippen LogP contribution in [0, 0.1) is 0 Å². The number of nitrogens with zero attached hydrogens (tertiary/aromatic N) is 4. The van der Waals surface area contributed by atoms with E-state index in [0.717, 1.165) is 36.1 Å². The van der Waals surface area contributed by atoms with E-state index in [1.54, 1.807) is 0 Å². The van der Waals surface area contributed by atoms with E-state index in [1.807, 2.05) is 36.0 Å². The van der Waals surface area contributed by atoms with E-state index >= 15 is 0 Å². The molecule has 2 aliphatic rings. The van der Waals surface area contributed by atoms with Crippen molar-refractivity contribution in [2.75, 3.05) is 65.2 Å². The molecule has 2 fully saturated rings. The molecule has 4 rings (SSSR count). The van der Waals surface area contributed by atoms with E-state index in [9.17, 15) is 14.4 Å². The monoisotopic (exact) mass is 660 g/mol. The number of hydrogen-bond acceptors (Lipinski definition) is 12. The summed E-state index contributed by atoms with van der Waals surface area (Å²) < 4.78 is 21.9. The first-order valence-corrected chi connectivity index (χ1v) is 16.8. The molecule has 3 heterocycles. The maximum absolute atomic E-state index is 12.1. The van der Waals surface area contributed by atoms with Gasteiger partial charge >= 0.3 is 6.03 Å². The molecule has 46 heavy (non-hydrogen) atoms. The molecule has 0 aliphatic carbocycles. The third-order valence-electron chi connectivity index (χ3n) is 7.35. The molecule has 1 aromatic carbocycles. The Labute approximate surface area is 273 Å². The van der Waals surface area contributed by atoms with Crippen molar-refractivity contribution in [3.63, 3.8) is 0 Å². The van der Waals surface area contributed by atoms with Crippen LogP contribution >= 0.6 is 11.8 Å². The molecule has 1 aromatic heterocycles. The van der Waals surface area contributed by atoms with Gasteiger partial charge < -0.3 is 40.2 Å². The van der Waals surface area contributed by atoms with Crippen LogP contribution in [0.25, 0.3) is 11.4 Å².